The second-order valence-electron chi connectivity index (χ2n) is 5.69. The Labute approximate surface area is 134 Å². The number of rotatable bonds is 4. The first-order valence-electron chi connectivity index (χ1n) is 7.48. The van der Waals surface area contributed by atoms with Gasteiger partial charge in [-0.05, 0) is 18.4 Å². The zero-order valence-corrected chi connectivity index (χ0v) is 13.4. The molecule has 0 spiro atoms. The number of ether oxygens (including phenoxy) is 1. The predicted octanol–water partition coefficient (Wildman–Crippen LogP) is 0.960. The number of carbonyl (C=O) groups is 2. The van der Waals surface area contributed by atoms with Crippen LogP contribution in [0.15, 0.2) is 30.3 Å². The lowest BCUT2D eigenvalue weighted by Crippen LogP contribution is -2.48. The first-order chi connectivity index (χ1) is 11.0. The van der Waals surface area contributed by atoms with Gasteiger partial charge in [0.15, 0.2) is 6.61 Å². The highest BCUT2D eigenvalue weighted by Crippen LogP contribution is 2.23. The van der Waals surface area contributed by atoms with E-state index >= 15 is 0 Å². The van der Waals surface area contributed by atoms with Crippen LogP contribution in [0.5, 0.6) is 0 Å². The molecule has 1 aromatic rings. The van der Waals surface area contributed by atoms with Gasteiger partial charge in [0.05, 0.1) is 5.75 Å². The summed E-state index contributed by atoms with van der Waals surface area (Å²) in [7, 11) is -3.40. The van der Waals surface area contributed by atoms with E-state index in [9.17, 15) is 18.0 Å². The molecule has 8 heteroatoms. The molecule has 2 aliphatic heterocycles. The lowest BCUT2D eigenvalue weighted by atomic mass is 10.1. The number of cyclic esters (lactones) is 1. The summed E-state index contributed by atoms with van der Waals surface area (Å²) in [6.07, 6.45) is 0.254. The van der Waals surface area contributed by atoms with Crippen molar-refractivity contribution in [3.05, 3.63) is 35.9 Å². The van der Waals surface area contributed by atoms with Gasteiger partial charge in [-0.1, -0.05) is 30.3 Å². The van der Waals surface area contributed by atoms with Crippen LogP contribution in [0.25, 0.3) is 0 Å². The highest BCUT2D eigenvalue weighted by atomic mass is 32.2. The molecule has 0 aliphatic carbocycles. The number of carbonyl (C=O) groups excluding carboxylic acids is 2. The molecule has 0 radical (unpaired) electrons. The fourth-order valence-electron chi connectivity index (χ4n) is 2.97. The summed E-state index contributed by atoms with van der Waals surface area (Å²) in [6, 6.07) is 8.74. The minimum atomic E-state index is -3.40. The molecule has 2 heterocycles. The number of nitrogens with zero attached hydrogens (tertiary/aromatic N) is 2. The summed E-state index contributed by atoms with van der Waals surface area (Å²) < 4.78 is 31.1. The third-order valence-electron chi connectivity index (χ3n) is 4.16. The van der Waals surface area contributed by atoms with Gasteiger partial charge >= 0.3 is 6.09 Å². The number of hydrogen-bond donors (Lipinski definition) is 0. The van der Waals surface area contributed by atoms with Gasteiger partial charge in [0.25, 0.3) is 5.91 Å². The summed E-state index contributed by atoms with van der Waals surface area (Å²) in [5.41, 5.74) is 0.743. The van der Waals surface area contributed by atoms with E-state index in [1.165, 1.54) is 4.31 Å². The van der Waals surface area contributed by atoms with Gasteiger partial charge in [0, 0.05) is 19.1 Å². The summed E-state index contributed by atoms with van der Waals surface area (Å²) in [6.45, 7) is 0.388. The molecule has 0 unspecified atom stereocenters. The van der Waals surface area contributed by atoms with Crippen molar-refractivity contribution >= 4 is 22.0 Å². The van der Waals surface area contributed by atoms with E-state index < -0.39 is 16.1 Å². The van der Waals surface area contributed by atoms with Gasteiger partial charge in [0.2, 0.25) is 10.0 Å². The topological polar surface area (TPSA) is 84.0 Å². The second kappa shape index (κ2) is 6.29. The largest absolute Gasteiger partial charge is 0.439 e. The van der Waals surface area contributed by atoms with Crippen LogP contribution in [-0.2, 0) is 25.3 Å². The van der Waals surface area contributed by atoms with Gasteiger partial charge in [-0.25, -0.2) is 22.4 Å². The molecule has 2 aliphatic rings. The fraction of sp³-hybridized carbons (Fsp3) is 0.467. The van der Waals surface area contributed by atoms with Crippen LogP contribution in [0.1, 0.15) is 18.4 Å². The molecule has 2 saturated heterocycles. The molecular weight excluding hydrogens is 320 g/mol. The predicted molar refractivity (Wildman–Crippen MR) is 81.9 cm³/mol. The van der Waals surface area contributed by atoms with Crippen LogP contribution in [0.3, 0.4) is 0 Å². The lowest BCUT2D eigenvalue weighted by molar-refractivity contribution is -0.127. The van der Waals surface area contributed by atoms with Crippen molar-refractivity contribution in [3.8, 4) is 0 Å². The molecule has 0 atom stereocenters. The summed E-state index contributed by atoms with van der Waals surface area (Å²) in [4.78, 5) is 24.3. The third kappa shape index (κ3) is 3.37. The van der Waals surface area contributed by atoms with Crippen molar-refractivity contribution < 1.29 is 22.7 Å². The van der Waals surface area contributed by atoms with E-state index in [0.29, 0.717) is 25.9 Å². The molecule has 2 fully saturated rings. The standard InChI is InChI=1S/C15H18N2O5S/c18-14-10-22-15(19)17(14)13-6-8-16(9-7-13)23(20,21)11-12-4-2-1-3-5-12/h1-5,13H,6-11H2. The van der Waals surface area contributed by atoms with Crippen LogP contribution >= 0.6 is 0 Å². The quantitative estimate of drug-likeness (QED) is 0.816. The molecule has 7 nitrogen and oxygen atoms in total. The monoisotopic (exact) mass is 338 g/mol. The molecule has 124 valence electrons. The van der Waals surface area contributed by atoms with Crippen LogP contribution < -0.4 is 0 Å². The second-order valence-corrected chi connectivity index (χ2v) is 7.66. The van der Waals surface area contributed by atoms with Crippen LogP contribution in [0.2, 0.25) is 0 Å². The number of hydrogen-bond acceptors (Lipinski definition) is 5. The number of amides is 2. The Morgan fingerprint density at radius 3 is 2.30 bits per heavy atom. The zero-order chi connectivity index (χ0) is 16.4. The lowest BCUT2D eigenvalue weighted by Gasteiger charge is -2.34. The molecule has 1 aromatic carbocycles. The Morgan fingerprint density at radius 1 is 1.09 bits per heavy atom. The van der Waals surface area contributed by atoms with Crippen LogP contribution in [0, 0.1) is 0 Å². The smallest absolute Gasteiger partial charge is 0.417 e. The third-order valence-corrected chi connectivity index (χ3v) is 6.01. The van der Waals surface area contributed by atoms with Crippen molar-refractivity contribution in [3.63, 3.8) is 0 Å². The fourth-order valence-corrected chi connectivity index (χ4v) is 4.54. The highest BCUT2D eigenvalue weighted by Gasteiger charge is 2.39. The van der Waals surface area contributed by atoms with Gasteiger partial charge in [-0.3, -0.25) is 4.79 Å². The van der Waals surface area contributed by atoms with E-state index in [1.807, 2.05) is 18.2 Å². The van der Waals surface area contributed by atoms with Crippen LogP contribution in [0.4, 0.5) is 4.79 Å². The SMILES string of the molecule is O=C1COC(=O)N1C1CCN(S(=O)(=O)Cc2ccccc2)CC1. The Kier molecular flexibility index (Phi) is 4.36. The van der Waals surface area contributed by atoms with Gasteiger partial charge in [-0.2, -0.15) is 0 Å². The average Bonchev–Trinajstić information content (AvgIpc) is 2.87. The molecule has 0 bridgehead atoms. The van der Waals surface area contributed by atoms with Crippen LogP contribution in [-0.4, -0.2) is 55.4 Å². The maximum absolute atomic E-state index is 12.5. The average molecular weight is 338 g/mol. The number of piperidine rings is 1. The maximum atomic E-state index is 12.5. The van der Waals surface area contributed by atoms with E-state index in [-0.39, 0.29) is 24.3 Å². The minimum absolute atomic E-state index is 0.0385. The van der Waals surface area contributed by atoms with Gasteiger partial charge in [-0.15, -0.1) is 0 Å². The molecule has 0 saturated carbocycles. The molecular formula is C15H18N2O5S. The number of imide groups is 1. The summed E-state index contributed by atoms with van der Waals surface area (Å²) >= 11 is 0. The normalized spacial score (nSPS) is 20.8. The highest BCUT2D eigenvalue weighted by molar-refractivity contribution is 7.88. The van der Waals surface area contributed by atoms with E-state index in [2.05, 4.69) is 0 Å². The summed E-state index contributed by atoms with van der Waals surface area (Å²) in [5.74, 6) is -0.385. The van der Waals surface area contributed by atoms with E-state index in [4.69, 9.17) is 4.74 Å². The first-order valence-corrected chi connectivity index (χ1v) is 9.09. The zero-order valence-electron chi connectivity index (χ0n) is 12.6. The van der Waals surface area contributed by atoms with E-state index in [1.54, 1.807) is 12.1 Å². The Balaban J connectivity index is 1.62. The Hall–Kier alpha value is -1.93. The molecule has 0 aromatic heterocycles. The number of benzene rings is 1. The maximum Gasteiger partial charge on any atom is 0.417 e. The first kappa shape index (κ1) is 15.9. The molecule has 0 N–H and O–H groups in total. The van der Waals surface area contributed by atoms with Crippen molar-refractivity contribution in [2.24, 2.45) is 0 Å². The van der Waals surface area contributed by atoms with Crippen molar-refractivity contribution in [2.75, 3.05) is 19.7 Å². The summed E-state index contributed by atoms with van der Waals surface area (Å²) in [5, 5.41) is 0. The van der Waals surface area contributed by atoms with Crippen molar-refractivity contribution in [1.29, 1.82) is 0 Å². The van der Waals surface area contributed by atoms with Crippen molar-refractivity contribution in [2.45, 2.75) is 24.6 Å². The Morgan fingerprint density at radius 2 is 1.74 bits per heavy atom. The van der Waals surface area contributed by atoms with Gasteiger partial charge in [0.1, 0.15) is 0 Å². The van der Waals surface area contributed by atoms with E-state index in [0.717, 1.165) is 10.5 Å². The minimum Gasteiger partial charge on any atom is -0.439 e. The Bertz CT molecular complexity index is 680. The molecule has 2 amide bonds. The molecule has 23 heavy (non-hydrogen) atoms. The number of sulfonamides is 1. The van der Waals surface area contributed by atoms with Crippen molar-refractivity contribution in [1.82, 2.24) is 9.21 Å². The molecule has 3 rings (SSSR count). The van der Waals surface area contributed by atoms with Gasteiger partial charge < -0.3 is 4.74 Å².